The molecule has 0 radical (unpaired) electrons. The van der Waals surface area contributed by atoms with Gasteiger partial charge in [-0.25, -0.2) is 4.98 Å². The zero-order valence-corrected chi connectivity index (χ0v) is 17.2. The topological polar surface area (TPSA) is 86.9 Å². The third-order valence-corrected chi connectivity index (χ3v) is 4.74. The van der Waals surface area contributed by atoms with Crippen LogP contribution in [0.4, 0.5) is 5.69 Å². The predicted molar refractivity (Wildman–Crippen MR) is 113 cm³/mol. The molecule has 4 rings (SSSR count). The number of hydrogen-bond donors (Lipinski definition) is 1. The predicted octanol–water partition coefficient (Wildman–Crippen LogP) is 3.97. The number of carbonyl (C=O) groups is 1. The van der Waals surface area contributed by atoms with Gasteiger partial charge in [0.05, 0.1) is 11.3 Å². The molecule has 0 atom stereocenters. The number of carbonyl (C=O) groups excluding carboxylic acids is 1. The van der Waals surface area contributed by atoms with Crippen molar-refractivity contribution < 1.29 is 9.53 Å². The van der Waals surface area contributed by atoms with Crippen LogP contribution in [0.1, 0.15) is 27.6 Å². The van der Waals surface area contributed by atoms with Gasteiger partial charge in [-0.3, -0.25) is 9.48 Å². The molecular formula is C22H22N6O2. The van der Waals surface area contributed by atoms with Gasteiger partial charge in [-0.2, -0.15) is 10.1 Å². The number of nitrogens with one attached hydrogen (secondary N) is 1. The second-order valence-corrected chi connectivity index (χ2v) is 6.95. The van der Waals surface area contributed by atoms with Gasteiger partial charge in [0.25, 0.3) is 5.91 Å². The van der Waals surface area contributed by atoms with Crippen molar-refractivity contribution >= 4 is 11.6 Å². The lowest BCUT2D eigenvalue weighted by Gasteiger charge is -2.10. The molecule has 1 amide bonds. The monoisotopic (exact) mass is 402 g/mol. The highest BCUT2D eigenvalue weighted by Crippen LogP contribution is 2.24. The van der Waals surface area contributed by atoms with Crippen molar-refractivity contribution in [3.8, 4) is 17.4 Å². The van der Waals surface area contributed by atoms with Crippen molar-refractivity contribution in [3.63, 3.8) is 0 Å². The molecule has 30 heavy (non-hydrogen) atoms. The lowest BCUT2D eigenvalue weighted by atomic mass is 10.2. The molecule has 1 aromatic carbocycles. The number of anilines is 1. The maximum atomic E-state index is 12.6. The van der Waals surface area contributed by atoms with E-state index in [1.165, 1.54) is 0 Å². The minimum Gasteiger partial charge on any atom is -0.439 e. The molecule has 0 aliphatic heterocycles. The van der Waals surface area contributed by atoms with Crippen LogP contribution in [0.3, 0.4) is 0 Å². The van der Waals surface area contributed by atoms with Crippen LogP contribution in [-0.4, -0.2) is 30.2 Å². The van der Waals surface area contributed by atoms with Gasteiger partial charge < -0.3 is 14.6 Å². The molecule has 0 spiro atoms. The molecule has 0 aliphatic rings. The van der Waals surface area contributed by atoms with E-state index in [1.54, 1.807) is 35.0 Å². The standard InChI is InChI=1S/C22H22N6O2/c1-14-21(15(2)27(4)26-14)22(29)25-17-7-9-18(10-8-17)30-20-13-19(23-16(3)24-20)28-11-5-6-12-28/h5-13H,1-4H3,(H,25,29). The molecule has 0 unspecified atom stereocenters. The molecule has 0 bridgehead atoms. The first-order chi connectivity index (χ1) is 14.4. The van der Waals surface area contributed by atoms with Crippen LogP contribution in [-0.2, 0) is 7.05 Å². The quantitative estimate of drug-likeness (QED) is 0.546. The SMILES string of the molecule is Cc1nc(Oc2ccc(NC(=O)c3c(C)nn(C)c3C)cc2)cc(-n2cccc2)n1. The smallest absolute Gasteiger partial charge is 0.259 e. The van der Waals surface area contributed by atoms with Gasteiger partial charge in [0.15, 0.2) is 0 Å². The summed E-state index contributed by atoms with van der Waals surface area (Å²) in [4.78, 5) is 21.4. The van der Waals surface area contributed by atoms with Crippen molar-refractivity contribution in [2.75, 3.05) is 5.32 Å². The molecule has 0 aliphatic carbocycles. The summed E-state index contributed by atoms with van der Waals surface area (Å²) in [5.74, 6) is 2.22. The lowest BCUT2D eigenvalue weighted by molar-refractivity contribution is 0.102. The van der Waals surface area contributed by atoms with E-state index < -0.39 is 0 Å². The Balaban J connectivity index is 1.49. The van der Waals surface area contributed by atoms with E-state index in [0.29, 0.717) is 34.4 Å². The van der Waals surface area contributed by atoms with Crippen LogP contribution >= 0.6 is 0 Å². The fourth-order valence-electron chi connectivity index (χ4n) is 3.22. The Labute approximate surface area is 174 Å². The van der Waals surface area contributed by atoms with Crippen LogP contribution in [0.25, 0.3) is 5.82 Å². The third-order valence-electron chi connectivity index (χ3n) is 4.74. The third kappa shape index (κ3) is 3.93. The van der Waals surface area contributed by atoms with Crippen LogP contribution in [0.2, 0.25) is 0 Å². The highest BCUT2D eigenvalue weighted by atomic mass is 16.5. The van der Waals surface area contributed by atoms with Gasteiger partial charge in [0.1, 0.15) is 17.4 Å². The first kappa shape index (κ1) is 19.4. The minimum atomic E-state index is -0.186. The minimum absolute atomic E-state index is 0.186. The summed E-state index contributed by atoms with van der Waals surface area (Å²) >= 11 is 0. The van der Waals surface area contributed by atoms with Gasteiger partial charge in [0, 0.05) is 36.9 Å². The Bertz CT molecular complexity index is 1190. The number of rotatable bonds is 5. The highest BCUT2D eigenvalue weighted by Gasteiger charge is 2.17. The summed E-state index contributed by atoms with van der Waals surface area (Å²) < 4.78 is 9.49. The number of aromatic nitrogens is 5. The number of ether oxygens (including phenoxy) is 1. The molecule has 0 saturated carbocycles. The summed E-state index contributed by atoms with van der Waals surface area (Å²) in [5.41, 5.74) is 2.78. The Morgan fingerprint density at radius 2 is 1.73 bits per heavy atom. The fourth-order valence-corrected chi connectivity index (χ4v) is 3.22. The average molecular weight is 402 g/mol. The highest BCUT2D eigenvalue weighted by molar-refractivity contribution is 6.05. The molecule has 8 heteroatoms. The molecule has 0 saturated heterocycles. The maximum absolute atomic E-state index is 12.6. The Morgan fingerprint density at radius 1 is 1.03 bits per heavy atom. The summed E-state index contributed by atoms with van der Waals surface area (Å²) in [6.07, 6.45) is 3.82. The summed E-state index contributed by atoms with van der Waals surface area (Å²) in [6.45, 7) is 5.52. The summed E-state index contributed by atoms with van der Waals surface area (Å²) in [5, 5.41) is 7.19. The zero-order valence-electron chi connectivity index (χ0n) is 17.2. The van der Waals surface area contributed by atoms with Gasteiger partial charge >= 0.3 is 0 Å². The molecule has 1 N–H and O–H groups in total. The molecule has 0 fully saturated rings. The van der Waals surface area contributed by atoms with Crippen molar-refractivity contribution in [2.45, 2.75) is 20.8 Å². The normalized spacial score (nSPS) is 10.8. The van der Waals surface area contributed by atoms with E-state index >= 15 is 0 Å². The second kappa shape index (κ2) is 7.82. The maximum Gasteiger partial charge on any atom is 0.259 e. The van der Waals surface area contributed by atoms with Gasteiger partial charge in [0.2, 0.25) is 5.88 Å². The Hall–Kier alpha value is -3.94. The van der Waals surface area contributed by atoms with E-state index in [4.69, 9.17) is 4.74 Å². The first-order valence-electron chi connectivity index (χ1n) is 9.49. The number of amides is 1. The van der Waals surface area contributed by atoms with E-state index in [9.17, 15) is 4.79 Å². The lowest BCUT2D eigenvalue weighted by Crippen LogP contribution is -2.14. The van der Waals surface area contributed by atoms with Crippen molar-refractivity contribution in [1.29, 1.82) is 0 Å². The van der Waals surface area contributed by atoms with Crippen LogP contribution in [0.15, 0.2) is 54.9 Å². The number of benzene rings is 1. The van der Waals surface area contributed by atoms with Gasteiger partial charge in [-0.05, 0) is 57.2 Å². The average Bonchev–Trinajstić information content (AvgIpc) is 3.31. The van der Waals surface area contributed by atoms with E-state index in [1.807, 2.05) is 56.9 Å². The van der Waals surface area contributed by atoms with E-state index in [0.717, 1.165) is 11.5 Å². The van der Waals surface area contributed by atoms with Gasteiger partial charge in [-0.1, -0.05) is 0 Å². The fraction of sp³-hybridized carbons (Fsp3) is 0.182. The molecule has 3 aromatic heterocycles. The van der Waals surface area contributed by atoms with Crippen LogP contribution in [0.5, 0.6) is 11.6 Å². The number of hydrogen-bond acceptors (Lipinski definition) is 5. The van der Waals surface area contributed by atoms with Crippen LogP contribution in [0, 0.1) is 20.8 Å². The Kier molecular flexibility index (Phi) is 5.05. The largest absolute Gasteiger partial charge is 0.439 e. The van der Waals surface area contributed by atoms with Gasteiger partial charge in [-0.15, -0.1) is 0 Å². The molecule has 8 nitrogen and oxygen atoms in total. The first-order valence-corrected chi connectivity index (χ1v) is 9.49. The summed E-state index contributed by atoms with van der Waals surface area (Å²) in [6, 6.07) is 12.8. The number of aryl methyl sites for hydroxylation is 3. The van der Waals surface area contributed by atoms with E-state index in [-0.39, 0.29) is 5.91 Å². The number of nitrogens with zero attached hydrogens (tertiary/aromatic N) is 5. The molecular weight excluding hydrogens is 380 g/mol. The second-order valence-electron chi connectivity index (χ2n) is 6.95. The summed E-state index contributed by atoms with van der Waals surface area (Å²) in [7, 11) is 1.82. The van der Waals surface area contributed by atoms with Crippen molar-refractivity contribution in [1.82, 2.24) is 24.3 Å². The molecule has 152 valence electrons. The molecule has 3 heterocycles. The van der Waals surface area contributed by atoms with Crippen LogP contribution < -0.4 is 10.1 Å². The van der Waals surface area contributed by atoms with E-state index in [2.05, 4.69) is 20.4 Å². The Morgan fingerprint density at radius 3 is 2.37 bits per heavy atom. The van der Waals surface area contributed by atoms with Crippen molar-refractivity contribution in [2.24, 2.45) is 7.05 Å². The molecule has 4 aromatic rings. The van der Waals surface area contributed by atoms with Crippen molar-refractivity contribution in [3.05, 3.63) is 77.6 Å². The zero-order chi connectivity index (χ0) is 21.3.